The largest absolute Gasteiger partial charge is 0.508 e. The van der Waals surface area contributed by atoms with Crippen molar-refractivity contribution in [2.45, 2.75) is 19.5 Å². The van der Waals surface area contributed by atoms with E-state index in [0.29, 0.717) is 5.56 Å². The minimum absolute atomic E-state index is 0.00476. The lowest BCUT2D eigenvalue weighted by atomic mass is 10.00. The van der Waals surface area contributed by atoms with E-state index in [2.05, 4.69) is 4.99 Å². The summed E-state index contributed by atoms with van der Waals surface area (Å²) in [6.07, 6.45) is -2.93. The molecule has 1 unspecified atom stereocenters. The van der Waals surface area contributed by atoms with Crippen LogP contribution in [-0.4, -0.2) is 23.9 Å². The zero-order chi connectivity index (χ0) is 20.0. The van der Waals surface area contributed by atoms with E-state index in [1.165, 1.54) is 30.5 Å². The van der Waals surface area contributed by atoms with Crippen LogP contribution in [0.3, 0.4) is 0 Å². The van der Waals surface area contributed by atoms with Gasteiger partial charge in [-0.25, -0.2) is 0 Å². The van der Waals surface area contributed by atoms with E-state index < -0.39 is 23.6 Å². The number of nitrogens with zero attached hydrogens (tertiary/aromatic N) is 1. The fraction of sp³-hybridized carbons (Fsp3) is 0.263. The number of ether oxygens (including phenoxy) is 1. The van der Waals surface area contributed by atoms with Crippen LogP contribution in [0, 0.1) is 5.92 Å². The summed E-state index contributed by atoms with van der Waals surface area (Å²) < 4.78 is 42.8. The third-order valence-electron chi connectivity index (χ3n) is 3.66. The number of hydrogen-bond donors (Lipinski definition) is 1. The predicted molar refractivity (Wildman–Crippen MR) is 96.5 cm³/mol. The van der Waals surface area contributed by atoms with Gasteiger partial charge in [0.2, 0.25) is 0 Å². The third kappa shape index (κ3) is 5.99. The number of phenols is 1. The quantitative estimate of drug-likeness (QED) is 0.537. The van der Waals surface area contributed by atoms with Gasteiger partial charge < -0.3 is 9.84 Å². The van der Waals surface area contributed by atoms with Crippen molar-refractivity contribution in [1.82, 2.24) is 0 Å². The molecule has 0 aliphatic carbocycles. The molecule has 0 saturated heterocycles. The second-order valence-electron chi connectivity index (χ2n) is 5.66. The van der Waals surface area contributed by atoms with Gasteiger partial charge in [-0.2, -0.15) is 13.2 Å². The summed E-state index contributed by atoms with van der Waals surface area (Å²) in [5.41, 5.74) is 0.0970. The van der Waals surface area contributed by atoms with Crippen molar-refractivity contribution in [2.75, 3.05) is 6.61 Å². The van der Waals surface area contributed by atoms with Crippen molar-refractivity contribution in [3.63, 3.8) is 0 Å². The molecule has 1 atom stereocenters. The highest BCUT2D eigenvalue weighted by molar-refractivity contribution is 6.31. The lowest BCUT2D eigenvalue weighted by Crippen LogP contribution is -2.21. The normalized spacial score (nSPS) is 12.9. The smallest absolute Gasteiger partial charge is 0.416 e. The Labute approximate surface area is 159 Å². The molecule has 2 aromatic rings. The average molecular weight is 400 g/mol. The Bertz CT molecular complexity index is 820. The standard InChI is InChI=1S/C19H17ClF3NO3/c1-2-27-18(26)13(9-12-3-8-16(25)10-17(12)20)11-24-15-6-4-14(5-7-15)19(21,22)23/h3-8,10-11,13,25H,2,9H2,1H3. The van der Waals surface area contributed by atoms with E-state index in [9.17, 15) is 23.1 Å². The second-order valence-corrected chi connectivity index (χ2v) is 6.07. The van der Waals surface area contributed by atoms with Crippen LogP contribution in [0.15, 0.2) is 47.5 Å². The van der Waals surface area contributed by atoms with Crippen LogP contribution in [-0.2, 0) is 22.1 Å². The molecule has 0 aliphatic heterocycles. The lowest BCUT2D eigenvalue weighted by Gasteiger charge is -2.12. The molecule has 8 heteroatoms. The summed E-state index contributed by atoms with van der Waals surface area (Å²) in [5, 5.41) is 9.70. The fourth-order valence-electron chi connectivity index (χ4n) is 2.30. The van der Waals surface area contributed by atoms with E-state index in [1.54, 1.807) is 13.0 Å². The molecule has 0 radical (unpaired) electrons. The second kappa shape index (κ2) is 8.90. The Morgan fingerprint density at radius 2 is 1.93 bits per heavy atom. The number of hydrogen-bond acceptors (Lipinski definition) is 4. The van der Waals surface area contributed by atoms with Crippen LogP contribution in [0.1, 0.15) is 18.1 Å². The zero-order valence-corrected chi connectivity index (χ0v) is 15.1. The molecular formula is C19H17ClF3NO3. The molecule has 4 nitrogen and oxygen atoms in total. The maximum atomic E-state index is 12.6. The number of carbonyl (C=O) groups excluding carboxylic acids is 1. The molecule has 0 aliphatic rings. The minimum atomic E-state index is -4.43. The van der Waals surface area contributed by atoms with Crippen LogP contribution in [0.4, 0.5) is 18.9 Å². The van der Waals surface area contributed by atoms with Crippen LogP contribution in [0.5, 0.6) is 5.75 Å². The van der Waals surface area contributed by atoms with Crippen molar-refractivity contribution in [2.24, 2.45) is 10.9 Å². The molecule has 0 saturated carbocycles. The highest BCUT2D eigenvalue weighted by Gasteiger charge is 2.30. The van der Waals surface area contributed by atoms with Crippen LogP contribution in [0.2, 0.25) is 5.02 Å². The van der Waals surface area contributed by atoms with E-state index >= 15 is 0 Å². The Hall–Kier alpha value is -2.54. The monoisotopic (exact) mass is 399 g/mol. The summed E-state index contributed by atoms with van der Waals surface area (Å²) in [6.45, 7) is 1.84. The summed E-state index contributed by atoms with van der Waals surface area (Å²) in [7, 11) is 0. The summed E-state index contributed by atoms with van der Waals surface area (Å²) >= 11 is 6.07. The van der Waals surface area contributed by atoms with Crippen molar-refractivity contribution in [3.8, 4) is 5.75 Å². The Morgan fingerprint density at radius 1 is 1.26 bits per heavy atom. The van der Waals surface area contributed by atoms with E-state index in [-0.39, 0.29) is 29.5 Å². The Morgan fingerprint density at radius 3 is 2.48 bits per heavy atom. The maximum absolute atomic E-state index is 12.6. The average Bonchev–Trinajstić information content (AvgIpc) is 2.60. The van der Waals surface area contributed by atoms with Gasteiger partial charge in [0.1, 0.15) is 5.75 Å². The number of benzene rings is 2. The first kappa shape index (κ1) is 20.8. The molecule has 27 heavy (non-hydrogen) atoms. The molecule has 144 valence electrons. The highest BCUT2D eigenvalue weighted by Crippen LogP contribution is 2.30. The van der Waals surface area contributed by atoms with Gasteiger partial charge in [0.05, 0.1) is 23.8 Å². The van der Waals surface area contributed by atoms with Gasteiger partial charge in [-0.1, -0.05) is 17.7 Å². The minimum Gasteiger partial charge on any atom is -0.508 e. The molecule has 2 aromatic carbocycles. The summed E-state index contributed by atoms with van der Waals surface area (Å²) in [5.74, 6) is -1.32. The summed E-state index contributed by atoms with van der Waals surface area (Å²) in [6, 6.07) is 8.65. The molecule has 0 bridgehead atoms. The van der Waals surface area contributed by atoms with E-state index in [1.807, 2.05) is 0 Å². The zero-order valence-electron chi connectivity index (χ0n) is 14.3. The molecule has 1 N–H and O–H groups in total. The molecule has 2 rings (SSSR count). The first-order chi connectivity index (χ1) is 12.7. The maximum Gasteiger partial charge on any atom is 0.416 e. The molecule has 0 aromatic heterocycles. The van der Waals surface area contributed by atoms with Gasteiger partial charge in [-0.05, 0) is 55.3 Å². The number of phenolic OH excluding ortho intramolecular Hbond substituents is 1. The first-order valence-electron chi connectivity index (χ1n) is 8.06. The highest BCUT2D eigenvalue weighted by atomic mass is 35.5. The number of aromatic hydroxyl groups is 1. The molecular weight excluding hydrogens is 383 g/mol. The molecule has 0 heterocycles. The number of esters is 1. The number of alkyl halides is 3. The number of halogens is 4. The predicted octanol–water partition coefficient (Wildman–Crippen LogP) is 5.19. The number of rotatable bonds is 6. The van der Waals surface area contributed by atoms with Gasteiger partial charge in [0.15, 0.2) is 0 Å². The number of aliphatic imine (C=N–C) groups is 1. The SMILES string of the molecule is CCOC(=O)C(C=Nc1ccc(C(F)(F)F)cc1)Cc1ccc(O)cc1Cl. The van der Waals surface area contributed by atoms with Crippen LogP contribution >= 0.6 is 11.6 Å². The van der Waals surface area contributed by atoms with Gasteiger partial charge in [-0.15, -0.1) is 0 Å². The van der Waals surface area contributed by atoms with Crippen molar-refractivity contribution < 1.29 is 27.8 Å². The topological polar surface area (TPSA) is 58.9 Å². The van der Waals surface area contributed by atoms with Gasteiger partial charge in [0.25, 0.3) is 0 Å². The van der Waals surface area contributed by atoms with Crippen LogP contribution in [0.25, 0.3) is 0 Å². The Balaban J connectivity index is 2.21. The van der Waals surface area contributed by atoms with E-state index in [4.69, 9.17) is 16.3 Å². The molecule has 0 fully saturated rings. The fourth-order valence-corrected chi connectivity index (χ4v) is 2.55. The third-order valence-corrected chi connectivity index (χ3v) is 4.02. The molecule has 0 amide bonds. The van der Waals surface area contributed by atoms with Crippen molar-refractivity contribution >= 4 is 29.5 Å². The Kier molecular flexibility index (Phi) is 6.85. The molecule has 0 spiro atoms. The van der Waals surface area contributed by atoms with Crippen LogP contribution < -0.4 is 0 Å². The summed E-state index contributed by atoms with van der Waals surface area (Å²) in [4.78, 5) is 16.3. The van der Waals surface area contributed by atoms with Gasteiger partial charge >= 0.3 is 12.1 Å². The van der Waals surface area contributed by atoms with Crippen molar-refractivity contribution in [3.05, 3.63) is 58.6 Å². The first-order valence-corrected chi connectivity index (χ1v) is 8.44. The van der Waals surface area contributed by atoms with Crippen molar-refractivity contribution in [1.29, 1.82) is 0 Å². The van der Waals surface area contributed by atoms with E-state index in [0.717, 1.165) is 12.1 Å². The lowest BCUT2D eigenvalue weighted by molar-refractivity contribution is -0.145. The number of carbonyl (C=O) groups is 1. The van der Waals surface area contributed by atoms with Gasteiger partial charge in [-0.3, -0.25) is 9.79 Å². The van der Waals surface area contributed by atoms with Gasteiger partial charge in [0, 0.05) is 11.2 Å².